The Morgan fingerprint density at radius 2 is 2.27 bits per heavy atom. The summed E-state index contributed by atoms with van der Waals surface area (Å²) in [5.74, 6) is 0. The summed E-state index contributed by atoms with van der Waals surface area (Å²) in [6.07, 6.45) is 0. The number of anilines is 1. The van der Waals surface area contributed by atoms with E-state index in [1.54, 1.807) is 11.3 Å². The highest BCUT2D eigenvalue weighted by molar-refractivity contribution is 9.10. The van der Waals surface area contributed by atoms with Gasteiger partial charge in [-0.3, -0.25) is 0 Å². The monoisotopic (exact) mass is 282 g/mol. The predicted octanol–water partition coefficient (Wildman–Crippen LogP) is 3.83. The number of halogens is 1. The third kappa shape index (κ3) is 2.79. The first-order valence-corrected chi connectivity index (χ1v) is 6.32. The Bertz CT molecular complexity index is 440. The summed E-state index contributed by atoms with van der Waals surface area (Å²) in [6.45, 7) is 2.86. The van der Waals surface area contributed by atoms with Gasteiger partial charge in [0.05, 0.1) is 11.4 Å². The number of hydrogen-bond donors (Lipinski definition) is 1. The second-order valence-electron chi connectivity index (χ2n) is 3.20. The molecule has 0 atom stereocenters. The maximum absolute atomic E-state index is 4.33. The van der Waals surface area contributed by atoms with E-state index in [-0.39, 0.29) is 0 Å². The number of rotatable bonds is 3. The molecule has 0 spiro atoms. The van der Waals surface area contributed by atoms with Crippen molar-refractivity contribution < 1.29 is 0 Å². The molecular formula is C11H11BrN2S. The molecule has 0 bridgehead atoms. The lowest BCUT2D eigenvalue weighted by atomic mass is 10.3. The molecule has 1 N–H and O–H groups in total. The summed E-state index contributed by atoms with van der Waals surface area (Å²) < 4.78 is 0.877. The van der Waals surface area contributed by atoms with Gasteiger partial charge in [0.25, 0.3) is 0 Å². The Kier molecular flexibility index (Phi) is 3.38. The minimum atomic E-state index is 0.863. The van der Waals surface area contributed by atoms with Crippen molar-refractivity contribution in [3.05, 3.63) is 44.8 Å². The van der Waals surface area contributed by atoms with E-state index >= 15 is 0 Å². The minimum Gasteiger partial charge on any atom is -0.379 e. The molecule has 0 fully saturated rings. The number of nitrogens with one attached hydrogen (secondary N) is 1. The molecule has 2 aromatic heterocycles. The van der Waals surface area contributed by atoms with Crippen molar-refractivity contribution in [2.45, 2.75) is 13.5 Å². The van der Waals surface area contributed by atoms with Gasteiger partial charge in [-0.25, -0.2) is 4.98 Å². The van der Waals surface area contributed by atoms with Crippen LogP contribution in [0, 0.1) is 6.92 Å². The van der Waals surface area contributed by atoms with Crippen LogP contribution in [0.2, 0.25) is 0 Å². The molecule has 78 valence electrons. The standard InChI is InChI=1S/C11H11BrN2S/c1-8-10(4-5-11(12)14-8)13-7-9-3-2-6-15-9/h2-6,13H,7H2,1H3. The van der Waals surface area contributed by atoms with Crippen LogP contribution in [0.15, 0.2) is 34.2 Å². The lowest BCUT2D eigenvalue weighted by Gasteiger charge is -2.07. The number of hydrogen-bond acceptors (Lipinski definition) is 3. The fourth-order valence-electron chi connectivity index (χ4n) is 1.31. The van der Waals surface area contributed by atoms with E-state index in [4.69, 9.17) is 0 Å². The number of nitrogens with zero attached hydrogens (tertiary/aromatic N) is 1. The highest BCUT2D eigenvalue weighted by Gasteiger charge is 2.00. The zero-order chi connectivity index (χ0) is 10.7. The van der Waals surface area contributed by atoms with Crippen molar-refractivity contribution in [1.82, 2.24) is 4.98 Å². The molecule has 0 aromatic carbocycles. The summed E-state index contributed by atoms with van der Waals surface area (Å²) in [6, 6.07) is 8.18. The molecule has 0 amide bonds. The normalized spacial score (nSPS) is 10.3. The Hall–Kier alpha value is -0.870. The van der Waals surface area contributed by atoms with Gasteiger partial charge in [0.2, 0.25) is 0 Å². The van der Waals surface area contributed by atoms with Gasteiger partial charge in [-0.15, -0.1) is 11.3 Å². The second-order valence-corrected chi connectivity index (χ2v) is 5.04. The molecular weight excluding hydrogens is 272 g/mol. The number of aromatic nitrogens is 1. The average molecular weight is 283 g/mol. The van der Waals surface area contributed by atoms with Gasteiger partial charge in [-0.2, -0.15) is 0 Å². The van der Waals surface area contributed by atoms with Crippen LogP contribution >= 0.6 is 27.3 Å². The Morgan fingerprint density at radius 1 is 1.40 bits per heavy atom. The Balaban J connectivity index is 2.05. The molecule has 15 heavy (non-hydrogen) atoms. The third-order valence-corrected chi connectivity index (χ3v) is 3.40. The van der Waals surface area contributed by atoms with Crippen molar-refractivity contribution in [2.75, 3.05) is 5.32 Å². The summed E-state index contributed by atoms with van der Waals surface area (Å²) in [5.41, 5.74) is 2.10. The third-order valence-electron chi connectivity index (χ3n) is 2.09. The molecule has 2 aromatic rings. The summed E-state index contributed by atoms with van der Waals surface area (Å²) in [4.78, 5) is 5.66. The fraction of sp³-hybridized carbons (Fsp3) is 0.182. The van der Waals surface area contributed by atoms with E-state index in [0.29, 0.717) is 0 Å². The number of thiophene rings is 1. The van der Waals surface area contributed by atoms with Crippen molar-refractivity contribution in [2.24, 2.45) is 0 Å². The van der Waals surface area contributed by atoms with Crippen molar-refractivity contribution >= 4 is 33.0 Å². The van der Waals surface area contributed by atoms with E-state index in [9.17, 15) is 0 Å². The van der Waals surface area contributed by atoms with Crippen LogP contribution in [-0.4, -0.2) is 4.98 Å². The largest absolute Gasteiger partial charge is 0.379 e. The van der Waals surface area contributed by atoms with Crippen LogP contribution in [0.1, 0.15) is 10.6 Å². The molecule has 4 heteroatoms. The predicted molar refractivity (Wildman–Crippen MR) is 68.3 cm³/mol. The zero-order valence-corrected chi connectivity index (χ0v) is 10.7. The zero-order valence-electron chi connectivity index (χ0n) is 8.33. The smallest absolute Gasteiger partial charge is 0.106 e. The van der Waals surface area contributed by atoms with Crippen LogP contribution in [0.3, 0.4) is 0 Å². The maximum Gasteiger partial charge on any atom is 0.106 e. The molecule has 0 unspecified atom stereocenters. The topological polar surface area (TPSA) is 24.9 Å². The van der Waals surface area contributed by atoms with E-state index in [1.807, 2.05) is 19.1 Å². The van der Waals surface area contributed by atoms with Gasteiger partial charge in [0.1, 0.15) is 4.60 Å². The molecule has 0 radical (unpaired) electrons. The highest BCUT2D eigenvalue weighted by atomic mass is 79.9. The molecule has 0 saturated carbocycles. The first kappa shape index (κ1) is 10.6. The summed E-state index contributed by atoms with van der Waals surface area (Å²) >= 11 is 5.11. The van der Waals surface area contributed by atoms with Crippen LogP contribution < -0.4 is 5.32 Å². The van der Waals surface area contributed by atoms with Crippen LogP contribution in [-0.2, 0) is 6.54 Å². The van der Waals surface area contributed by atoms with Gasteiger partial charge in [0, 0.05) is 11.4 Å². The summed E-state index contributed by atoms with van der Waals surface area (Å²) in [5, 5.41) is 5.46. The number of aryl methyl sites for hydroxylation is 1. The number of pyridine rings is 1. The van der Waals surface area contributed by atoms with E-state index in [2.05, 4.69) is 43.7 Å². The van der Waals surface area contributed by atoms with E-state index in [1.165, 1.54) is 4.88 Å². The fourth-order valence-corrected chi connectivity index (χ4v) is 2.36. The lowest BCUT2D eigenvalue weighted by Crippen LogP contribution is -2.00. The quantitative estimate of drug-likeness (QED) is 0.866. The van der Waals surface area contributed by atoms with Crippen molar-refractivity contribution in [3.8, 4) is 0 Å². The molecule has 2 heterocycles. The van der Waals surface area contributed by atoms with E-state index < -0.39 is 0 Å². The molecule has 0 saturated heterocycles. The van der Waals surface area contributed by atoms with Crippen LogP contribution in [0.5, 0.6) is 0 Å². The van der Waals surface area contributed by atoms with Crippen LogP contribution in [0.25, 0.3) is 0 Å². The molecule has 0 aliphatic heterocycles. The molecule has 0 aliphatic carbocycles. The summed E-state index contributed by atoms with van der Waals surface area (Å²) in [7, 11) is 0. The first-order chi connectivity index (χ1) is 7.25. The van der Waals surface area contributed by atoms with Gasteiger partial charge < -0.3 is 5.32 Å². The van der Waals surface area contributed by atoms with E-state index in [0.717, 1.165) is 22.5 Å². The van der Waals surface area contributed by atoms with Gasteiger partial charge >= 0.3 is 0 Å². The van der Waals surface area contributed by atoms with Crippen LogP contribution in [0.4, 0.5) is 5.69 Å². The molecule has 2 rings (SSSR count). The van der Waals surface area contributed by atoms with Gasteiger partial charge in [0.15, 0.2) is 0 Å². The Labute approximate surface area is 101 Å². The first-order valence-electron chi connectivity index (χ1n) is 4.65. The van der Waals surface area contributed by atoms with Gasteiger partial charge in [-0.05, 0) is 46.4 Å². The minimum absolute atomic E-state index is 0.863. The lowest BCUT2D eigenvalue weighted by molar-refractivity contribution is 1.11. The SMILES string of the molecule is Cc1nc(Br)ccc1NCc1cccs1. The highest BCUT2D eigenvalue weighted by Crippen LogP contribution is 2.18. The second kappa shape index (κ2) is 4.77. The van der Waals surface area contributed by atoms with Crippen molar-refractivity contribution in [1.29, 1.82) is 0 Å². The molecule has 2 nitrogen and oxygen atoms in total. The Morgan fingerprint density at radius 3 is 2.93 bits per heavy atom. The average Bonchev–Trinajstić information content (AvgIpc) is 2.69. The maximum atomic E-state index is 4.33. The molecule has 0 aliphatic rings. The van der Waals surface area contributed by atoms with Gasteiger partial charge in [-0.1, -0.05) is 6.07 Å². The van der Waals surface area contributed by atoms with Crippen molar-refractivity contribution in [3.63, 3.8) is 0 Å².